The average molecular weight is 308 g/mol. The van der Waals surface area contributed by atoms with Crippen molar-refractivity contribution in [3.63, 3.8) is 0 Å². The molecular weight excluding hydrogens is 292 g/mol. The Bertz CT molecular complexity index is 622. The van der Waals surface area contributed by atoms with E-state index in [1.807, 2.05) is 24.3 Å². The highest BCUT2D eigenvalue weighted by Crippen LogP contribution is 2.28. The number of thioether (sulfide) groups is 1. The van der Waals surface area contributed by atoms with E-state index in [4.69, 9.17) is 14.4 Å². The Hall–Kier alpha value is -2.02. The number of aliphatic carboxylic acids is 1. The van der Waals surface area contributed by atoms with Gasteiger partial charge < -0.3 is 14.4 Å². The van der Waals surface area contributed by atoms with Crippen molar-refractivity contribution in [3.05, 3.63) is 30.2 Å². The van der Waals surface area contributed by atoms with Crippen LogP contribution in [0.2, 0.25) is 0 Å². The topological polar surface area (TPSA) is 85.5 Å². The maximum atomic E-state index is 11.0. The van der Waals surface area contributed by atoms with E-state index < -0.39 is 10.7 Å². The van der Waals surface area contributed by atoms with Crippen molar-refractivity contribution < 1.29 is 19.2 Å². The molecule has 7 heteroatoms. The first-order valence-corrected chi connectivity index (χ1v) is 7.25. The first-order chi connectivity index (χ1) is 9.92. The summed E-state index contributed by atoms with van der Waals surface area (Å²) in [6.45, 7) is 3.28. The zero-order valence-electron chi connectivity index (χ0n) is 12.0. The van der Waals surface area contributed by atoms with Gasteiger partial charge in [0.1, 0.15) is 10.5 Å². The van der Waals surface area contributed by atoms with Gasteiger partial charge in [0.05, 0.1) is 12.9 Å². The summed E-state index contributed by atoms with van der Waals surface area (Å²) in [4.78, 5) is 15.3. The second-order valence-electron chi connectivity index (χ2n) is 4.84. The molecule has 1 heterocycles. The number of carboxylic acid groups (broad SMARTS) is 1. The van der Waals surface area contributed by atoms with Crippen molar-refractivity contribution in [3.8, 4) is 17.1 Å². The first-order valence-electron chi connectivity index (χ1n) is 6.27. The van der Waals surface area contributed by atoms with Crippen molar-refractivity contribution in [2.45, 2.75) is 24.3 Å². The monoisotopic (exact) mass is 308 g/mol. The van der Waals surface area contributed by atoms with Gasteiger partial charge in [0.15, 0.2) is 0 Å². The summed E-state index contributed by atoms with van der Waals surface area (Å²) in [5.41, 5.74) is 0.813. The lowest BCUT2D eigenvalue weighted by Crippen LogP contribution is -2.27. The normalized spacial score (nSPS) is 11.4. The predicted octanol–water partition coefficient (Wildman–Crippen LogP) is 2.84. The molecule has 0 radical (unpaired) electrons. The molecule has 1 aromatic carbocycles. The molecule has 2 aromatic rings. The lowest BCUT2D eigenvalue weighted by Gasteiger charge is -2.16. The summed E-state index contributed by atoms with van der Waals surface area (Å²) >= 11 is 1.24. The summed E-state index contributed by atoms with van der Waals surface area (Å²) in [5, 5.41) is 13.0. The van der Waals surface area contributed by atoms with Crippen LogP contribution in [0.5, 0.6) is 5.75 Å². The molecule has 1 aromatic heterocycles. The summed E-state index contributed by atoms with van der Waals surface area (Å²) in [5.74, 6) is 1.10. The van der Waals surface area contributed by atoms with Crippen molar-refractivity contribution in [2.24, 2.45) is 0 Å². The molecule has 0 spiro atoms. The lowest BCUT2D eigenvalue weighted by molar-refractivity contribution is -0.138. The third-order valence-electron chi connectivity index (χ3n) is 2.89. The number of hydrogen-bond donors (Lipinski definition) is 1. The van der Waals surface area contributed by atoms with E-state index >= 15 is 0 Å². The highest BCUT2D eigenvalue weighted by Gasteiger charge is 2.28. The smallest absolute Gasteiger partial charge is 0.319 e. The molecule has 0 bridgehead atoms. The van der Waals surface area contributed by atoms with Gasteiger partial charge >= 0.3 is 5.97 Å². The van der Waals surface area contributed by atoms with Gasteiger partial charge in [-0.2, -0.15) is 4.98 Å². The molecule has 21 heavy (non-hydrogen) atoms. The zero-order valence-corrected chi connectivity index (χ0v) is 12.8. The van der Waals surface area contributed by atoms with Crippen LogP contribution in [0.15, 0.2) is 28.8 Å². The number of carboxylic acids is 1. The van der Waals surface area contributed by atoms with Gasteiger partial charge in [0.2, 0.25) is 11.7 Å². The van der Waals surface area contributed by atoms with E-state index in [9.17, 15) is 4.79 Å². The molecule has 6 nitrogen and oxygen atoms in total. The Balaban J connectivity index is 2.05. The van der Waals surface area contributed by atoms with Crippen LogP contribution in [0.1, 0.15) is 19.7 Å². The molecule has 0 fully saturated rings. The van der Waals surface area contributed by atoms with Crippen LogP contribution in [0, 0.1) is 0 Å². The second kappa shape index (κ2) is 6.17. The molecule has 0 unspecified atom stereocenters. The van der Waals surface area contributed by atoms with Crippen LogP contribution in [-0.4, -0.2) is 33.1 Å². The van der Waals surface area contributed by atoms with E-state index in [-0.39, 0.29) is 0 Å². The van der Waals surface area contributed by atoms with Crippen molar-refractivity contribution in [1.82, 2.24) is 10.1 Å². The summed E-state index contributed by atoms with van der Waals surface area (Å²) in [7, 11) is 1.60. The fourth-order valence-electron chi connectivity index (χ4n) is 1.47. The van der Waals surface area contributed by atoms with E-state index in [1.165, 1.54) is 11.8 Å². The van der Waals surface area contributed by atoms with Crippen LogP contribution >= 0.6 is 11.8 Å². The Morgan fingerprint density at radius 2 is 2.05 bits per heavy atom. The number of hydrogen-bond acceptors (Lipinski definition) is 6. The van der Waals surface area contributed by atoms with Crippen LogP contribution in [0.25, 0.3) is 11.4 Å². The fraction of sp³-hybridized carbons (Fsp3) is 0.357. The highest BCUT2D eigenvalue weighted by atomic mass is 32.2. The Morgan fingerprint density at radius 3 is 2.62 bits per heavy atom. The van der Waals surface area contributed by atoms with Crippen LogP contribution < -0.4 is 4.74 Å². The second-order valence-corrected chi connectivity index (χ2v) is 6.44. The van der Waals surface area contributed by atoms with Gasteiger partial charge in [-0.25, -0.2) is 0 Å². The van der Waals surface area contributed by atoms with Crippen LogP contribution in [0.3, 0.4) is 0 Å². The van der Waals surface area contributed by atoms with Gasteiger partial charge in [-0.3, -0.25) is 4.79 Å². The molecule has 2 rings (SSSR count). The van der Waals surface area contributed by atoms with Crippen molar-refractivity contribution in [2.75, 3.05) is 7.11 Å². The summed E-state index contributed by atoms with van der Waals surface area (Å²) in [6.07, 6.45) is 0. The lowest BCUT2D eigenvalue weighted by atomic mass is 10.2. The summed E-state index contributed by atoms with van der Waals surface area (Å²) in [6, 6.07) is 7.30. The van der Waals surface area contributed by atoms with Crippen molar-refractivity contribution in [1.29, 1.82) is 0 Å². The Morgan fingerprint density at radius 1 is 1.38 bits per heavy atom. The molecule has 112 valence electrons. The van der Waals surface area contributed by atoms with Crippen LogP contribution in [0.4, 0.5) is 0 Å². The standard InChI is InChI=1S/C14H16N2O4S/c1-14(2,13(17)18)21-8-11-15-12(16-20-11)9-4-6-10(19-3)7-5-9/h4-7H,8H2,1-3H3,(H,17,18). The quantitative estimate of drug-likeness (QED) is 0.878. The van der Waals surface area contributed by atoms with Gasteiger partial charge in [0.25, 0.3) is 0 Å². The number of rotatable bonds is 6. The molecule has 0 aliphatic carbocycles. The number of aromatic nitrogens is 2. The Labute approximate surface area is 126 Å². The van der Waals surface area contributed by atoms with Gasteiger partial charge in [-0.05, 0) is 38.1 Å². The zero-order chi connectivity index (χ0) is 15.5. The molecule has 1 N–H and O–H groups in total. The maximum absolute atomic E-state index is 11.0. The molecule has 0 saturated carbocycles. The third-order valence-corrected chi connectivity index (χ3v) is 4.18. The third kappa shape index (κ3) is 3.75. The maximum Gasteiger partial charge on any atom is 0.319 e. The van der Waals surface area contributed by atoms with E-state index in [2.05, 4.69) is 10.1 Å². The minimum Gasteiger partial charge on any atom is -0.497 e. The van der Waals surface area contributed by atoms with Gasteiger partial charge in [0, 0.05) is 5.56 Å². The number of carbonyl (C=O) groups is 1. The first kappa shape index (κ1) is 15.4. The highest BCUT2D eigenvalue weighted by molar-refractivity contribution is 8.00. The largest absolute Gasteiger partial charge is 0.497 e. The molecule has 0 saturated heterocycles. The predicted molar refractivity (Wildman–Crippen MR) is 79.3 cm³/mol. The fourth-order valence-corrected chi connectivity index (χ4v) is 2.20. The number of nitrogens with zero attached hydrogens (tertiary/aromatic N) is 2. The molecule has 0 aliphatic heterocycles. The van der Waals surface area contributed by atoms with E-state index in [0.29, 0.717) is 17.5 Å². The number of benzene rings is 1. The molecule has 0 amide bonds. The molecule has 0 aliphatic rings. The minimum absolute atomic E-state index is 0.350. The Kier molecular flexibility index (Phi) is 4.52. The molecular formula is C14H16N2O4S. The average Bonchev–Trinajstić information content (AvgIpc) is 2.94. The van der Waals surface area contributed by atoms with Gasteiger partial charge in [-0.15, -0.1) is 11.8 Å². The minimum atomic E-state index is -0.894. The number of ether oxygens (including phenoxy) is 1. The van der Waals surface area contributed by atoms with Crippen molar-refractivity contribution >= 4 is 17.7 Å². The summed E-state index contributed by atoms with van der Waals surface area (Å²) < 4.78 is 9.34. The van der Waals surface area contributed by atoms with Crippen LogP contribution in [-0.2, 0) is 10.5 Å². The molecule has 0 atom stereocenters. The van der Waals surface area contributed by atoms with E-state index in [0.717, 1.165) is 11.3 Å². The van der Waals surface area contributed by atoms with E-state index in [1.54, 1.807) is 21.0 Å². The number of methoxy groups -OCH3 is 1. The van der Waals surface area contributed by atoms with Gasteiger partial charge in [-0.1, -0.05) is 5.16 Å². The SMILES string of the molecule is COc1ccc(-c2noc(CSC(C)(C)C(=O)O)n2)cc1.